The van der Waals surface area contributed by atoms with Crippen molar-refractivity contribution in [3.63, 3.8) is 0 Å². The Labute approximate surface area is 145 Å². The van der Waals surface area contributed by atoms with Gasteiger partial charge in [-0.3, -0.25) is 19.7 Å². The van der Waals surface area contributed by atoms with Crippen molar-refractivity contribution in [2.75, 3.05) is 20.2 Å². The van der Waals surface area contributed by atoms with Crippen LogP contribution in [-0.4, -0.2) is 50.1 Å². The third kappa shape index (κ3) is 6.90. The molecule has 9 heteroatoms. The van der Waals surface area contributed by atoms with Crippen LogP contribution in [0.1, 0.15) is 24.2 Å². The zero-order valence-electron chi connectivity index (χ0n) is 14.3. The van der Waals surface area contributed by atoms with Gasteiger partial charge in [-0.1, -0.05) is 0 Å². The highest BCUT2D eigenvalue weighted by Gasteiger charge is 2.19. The fraction of sp³-hybridized carbons (Fsp3) is 0.375. The molecule has 0 radical (unpaired) electrons. The number of imide groups is 1. The van der Waals surface area contributed by atoms with Crippen LogP contribution in [0.5, 0.6) is 5.75 Å². The monoisotopic (exact) mass is 351 g/mol. The van der Waals surface area contributed by atoms with Gasteiger partial charge in [0.1, 0.15) is 12.3 Å². The summed E-state index contributed by atoms with van der Waals surface area (Å²) in [5, 5.41) is 6.55. The molecule has 3 N–H and O–H groups in total. The number of hydrogen-bond donors (Lipinski definition) is 3. The number of esters is 1. The fourth-order valence-electron chi connectivity index (χ4n) is 1.69. The first-order valence-electron chi connectivity index (χ1n) is 7.60. The summed E-state index contributed by atoms with van der Waals surface area (Å²) in [6.45, 7) is 3.26. The third-order valence-electron chi connectivity index (χ3n) is 2.96. The van der Waals surface area contributed by atoms with Crippen LogP contribution in [0.15, 0.2) is 24.3 Å². The largest absolute Gasteiger partial charge is 0.494 e. The summed E-state index contributed by atoms with van der Waals surface area (Å²) in [5.41, 5.74) is 0.349. The second-order valence-corrected chi connectivity index (χ2v) is 4.84. The lowest BCUT2D eigenvalue weighted by molar-refractivity contribution is -0.153. The summed E-state index contributed by atoms with van der Waals surface area (Å²) in [4.78, 5) is 46.1. The van der Waals surface area contributed by atoms with E-state index in [-0.39, 0.29) is 0 Å². The van der Waals surface area contributed by atoms with Crippen molar-refractivity contribution in [3.05, 3.63) is 29.8 Å². The van der Waals surface area contributed by atoms with Crippen LogP contribution in [0.2, 0.25) is 0 Å². The first-order chi connectivity index (χ1) is 11.9. The number of amides is 4. The van der Waals surface area contributed by atoms with E-state index in [1.165, 1.54) is 14.0 Å². The third-order valence-corrected chi connectivity index (χ3v) is 2.96. The number of carbonyl (C=O) groups excluding carboxylic acids is 4. The van der Waals surface area contributed by atoms with Gasteiger partial charge in [0.15, 0.2) is 6.10 Å². The molecule has 4 amide bonds. The van der Waals surface area contributed by atoms with Gasteiger partial charge >= 0.3 is 12.0 Å². The molecule has 0 aliphatic heterocycles. The zero-order valence-corrected chi connectivity index (χ0v) is 14.3. The molecule has 0 aliphatic rings. The van der Waals surface area contributed by atoms with Crippen LogP contribution >= 0.6 is 0 Å². The van der Waals surface area contributed by atoms with E-state index in [2.05, 4.69) is 10.6 Å². The van der Waals surface area contributed by atoms with Crippen LogP contribution in [0.4, 0.5) is 4.79 Å². The Morgan fingerprint density at radius 3 is 2.32 bits per heavy atom. The lowest BCUT2D eigenvalue weighted by Crippen LogP contribution is -2.44. The maximum atomic E-state index is 11.9. The molecule has 136 valence electrons. The molecule has 0 saturated carbocycles. The van der Waals surface area contributed by atoms with Crippen molar-refractivity contribution >= 4 is 23.8 Å². The number of carbonyl (C=O) groups is 4. The average molecular weight is 351 g/mol. The van der Waals surface area contributed by atoms with Crippen LogP contribution in [0.3, 0.4) is 0 Å². The summed E-state index contributed by atoms with van der Waals surface area (Å²) >= 11 is 0. The highest BCUT2D eigenvalue weighted by Crippen LogP contribution is 2.11. The lowest BCUT2D eigenvalue weighted by Gasteiger charge is -2.13. The van der Waals surface area contributed by atoms with Crippen molar-refractivity contribution in [2.45, 2.75) is 20.0 Å². The van der Waals surface area contributed by atoms with Crippen LogP contribution in [0.25, 0.3) is 0 Å². The number of hydrogen-bond acceptors (Lipinski definition) is 6. The van der Waals surface area contributed by atoms with Gasteiger partial charge in [0.05, 0.1) is 6.61 Å². The normalized spacial score (nSPS) is 11.0. The molecular weight excluding hydrogens is 330 g/mol. The molecular formula is C16H21N3O6. The Balaban J connectivity index is 2.43. The number of rotatable bonds is 7. The molecule has 1 aromatic rings. The van der Waals surface area contributed by atoms with Crippen molar-refractivity contribution in [1.82, 2.24) is 16.0 Å². The molecule has 0 saturated heterocycles. The average Bonchev–Trinajstić information content (AvgIpc) is 2.60. The molecule has 0 aromatic heterocycles. The number of nitrogens with one attached hydrogen (secondary N) is 3. The lowest BCUT2D eigenvalue weighted by atomic mass is 10.2. The van der Waals surface area contributed by atoms with E-state index in [0.717, 1.165) is 0 Å². The molecule has 1 atom stereocenters. The molecule has 0 spiro atoms. The van der Waals surface area contributed by atoms with Crippen molar-refractivity contribution < 1.29 is 28.7 Å². The van der Waals surface area contributed by atoms with Crippen molar-refractivity contribution in [1.29, 1.82) is 0 Å². The van der Waals surface area contributed by atoms with Gasteiger partial charge in [-0.05, 0) is 38.1 Å². The Hall–Kier alpha value is -3.10. The molecule has 0 heterocycles. The topological polar surface area (TPSA) is 123 Å². The summed E-state index contributed by atoms with van der Waals surface area (Å²) < 4.78 is 10.1. The molecule has 9 nitrogen and oxygen atoms in total. The van der Waals surface area contributed by atoms with Crippen molar-refractivity contribution in [3.8, 4) is 5.75 Å². The van der Waals surface area contributed by atoms with Gasteiger partial charge in [0.2, 0.25) is 0 Å². The van der Waals surface area contributed by atoms with E-state index in [1.54, 1.807) is 24.3 Å². The Morgan fingerprint density at radius 2 is 1.76 bits per heavy atom. The van der Waals surface area contributed by atoms with Crippen molar-refractivity contribution in [2.24, 2.45) is 0 Å². The summed E-state index contributed by atoms with van der Waals surface area (Å²) in [6.07, 6.45) is -1.17. The molecule has 25 heavy (non-hydrogen) atoms. The van der Waals surface area contributed by atoms with Crippen LogP contribution < -0.4 is 20.7 Å². The second kappa shape index (κ2) is 9.91. The molecule has 0 aliphatic carbocycles. The first-order valence-corrected chi connectivity index (χ1v) is 7.60. The number of benzene rings is 1. The highest BCUT2D eigenvalue weighted by atomic mass is 16.5. The van der Waals surface area contributed by atoms with Gasteiger partial charge < -0.3 is 20.1 Å². The first kappa shape index (κ1) is 19.9. The Bertz CT molecular complexity index is 629. The second-order valence-electron chi connectivity index (χ2n) is 4.84. The number of urea groups is 1. The smallest absolute Gasteiger partial charge is 0.326 e. The van der Waals surface area contributed by atoms with Gasteiger partial charge in [-0.15, -0.1) is 0 Å². The summed E-state index contributed by atoms with van der Waals surface area (Å²) in [5.74, 6) is -1.42. The predicted molar refractivity (Wildman–Crippen MR) is 88.1 cm³/mol. The van der Waals surface area contributed by atoms with E-state index < -0.39 is 36.5 Å². The fourth-order valence-corrected chi connectivity index (χ4v) is 1.69. The minimum Gasteiger partial charge on any atom is -0.494 e. The molecule has 0 unspecified atom stereocenters. The van der Waals surface area contributed by atoms with Gasteiger partial charge in [-0.2, -0.15) is 0 Å². The molecule has 0 fully saturated rings. The zero-order chi connectivity index (χ0) is 18.8. The van der Waals surface area contributed by atoms with E-state index >= 15 is 0 Å². The standard InChI is InChI=1S/C16H21N3O6/c1-4-24-12-7-5-11(6-8-12)15(22)18-9-13(20)25-10(2)14(21)19-16(23)17-3/h5-8,10H,4,9H2,1-3H3,(H,18,22)(H2,17,19,21,23)/t10-/m0/s1. The van der Waals surface area contributed by atoms with Gasteiger partial charge in [0, 0.05) is 12.6 Å². The molecule has 1 aromatic carbocycles. The Morgan fingerprint density at radius 1 is 1.12 bits per heavy atom. The van der Waals surface area contributed by atoms with Crippen LogP contribution in [-0.2, 0) is 14.3 Å². The molecule has 0 bridgehead atoms. The van der Waals surface area contributed by atoms with E-state index in [1.807, 2.05) is 12.2 Å². The SMILES string of the molecule is CCOc1ccc(C(=O)NCC(=O)O[C@@H](C)C(=O)NC(=O)NC)cc1. The quantitative estimate of drug-likeness (QED) is 0.603. The number of ether oxygens (including phenoxy) is 2. The van der Waals surface area contributed by atoms with E-state index in [4.69, 9.17) is 9.47 Å². The van der Waals surface area contributed by atoms with E-state index in [0.29, 0.717) is 17.9 Å². The highest BCUT2D eigenvalue weighted by molar-refractivity contribution is 5.98. The minimum absolute atomic E-state index is 0.349. The maximum Gasteiger partial charge on any atom is 0.326 e. The maximum absolute atomic E-state index is 11.9. The van der Waals surface area contributed by atoms with E-state index in [9.17, 15) is 19.2 Å². The predicted octanol–water partition coefficient (Wildman–Crippen LogP) is 0.202. The molecule has 1 rings (SSSR count). The minimum atomic E-state index is -1.17. The Kier molecular flexibility index (Phi) is 7.91. The van der Waals surface area contributed by atoms with Gasteiger partial charge in [0.25, 0.3) is 11.8 Å². The van der Waals surface area contributed by atoms with Crippen LogP contribution in [0, 0.1) is 0 Å². The summed E-state index contributed by atoms with van der Waals surface area (Å²) in [7, 11) is 1.34. The van der Waals surface area contributed by atoms with Gasteiger partial charge in [-0.25, -0.2) is 4.79 Å². The summed E-state index contributed by atoms with van der Waals surface area (Å²) in [6, 6.07) is 5.69.